The Hall–Kier alpha value is -3.12. The number of rotatable bonds is 4. The summed E-state index contributed by atoms with van der Waals surface area (Å²) in [5.41, 5.74) is 2.11. The lowest BCUT2D eigenvalue weighted by atomic mass is 10.1. The van der Waals surface area contributed by atoms with E-state index in [9.17, 15) is 9.59 Å². The molecule has 2 aromatic carbocycles. The van der Waals surface area contributed by atoms with Crippen LogP contribution >= 0.6 is 0 Å². The van der Waals surface area contributed by atoms with Crippen LogP contribution in [0, 0.1) is 6.92 Å². The monoisotopic (exact) mass is 392 g/mol. The van der Waals surface area contributed by atoms with Crippen molar-refractivity contribution < 1.29 is 14.3 Å². The van der Waals surface area contributed by atoms with Gasteiger partial charge in [-0.1, -0.05) is 18.2 Å². The molecule has 150 valence electrons. The minimum Gasteiger partial charge on any atom is -0.487 e. The molecule has 6 heteroatoms. The summed E-state index contributed by atoms with van der Waals surface area (Å²) in [7, 11) is 0. The predicted molar refractivity (Wildman–Crippen MR) is 112 cm³/mol. The van der Waals surface area contributed by atoms with E-state index in [-0.39, 0.29) is 17.9 Å². The van der Waals surface area contributed by atoms with Gasteiger partial charge in [-0.15, -0.1) is 0 Å². The Bertz CT molecular complexity index is 1130. The normalized spacial score (nSPS) is 16.2. The molecule has 0 atom stereocenters. The van der Waals surface area contributed by atoms with Gasteiger partial charge in [-0.3, -0.25) is 9.59 Å². The number of fused-ring (bicyclic) bond motifs is 1. The van der Waals surface area contributed by atoms with E-state index in [2.05, 4.69) is 4.98 Å². The number of hydrogen-bond donors (Lipinski definition) is 1. The molecule has 2 heterocycles. The fourth-order valence-corrected chi connectivity index (χ4v) is 3.55. The third-order valence-electron chi connectivity index (χ3n) is 5.30. The Morgan fingerprint density at radius 3 is 2.76 bits per heavy atom. The predicted octanol–water partition coefficient (Wildman–Crippen LogP) is 3.56. The number of carbonyl (C=O) groups excluding carboxylic acids is 1. The maximum atomic E-state index is 12.7. The zero-order valence-electron chi connectivity index (χ0n) is 16.8. The van der Waals surface area contributed by atoms with Gasteiger partial charge in [0.25, 0.3) is 5.91 Å². The molecule has 0 saturated carbocycles. The van der Waals surface area contributed by atoms with Crippen LogP contribution in [0.25, 0.3) is 10.9 Å². The molecule has 1 saturated heterocycles. The average Bonchev–Trinajstić information content (AvgIpc) is 2.72. The number of morpholine rings is 1. The van der Waals surface area contributed by atoms with E-state index in [0.717, 1.165) is 16.9 Å². The highest BCUT2D eigenvalue weighted by molar-refractivity contribution is 5.99. The number of hydrogen-bond acceptors (Lipinski definition) is 4. The zero-order chi connectivity index (χ0) is 20.6. The Morgan fingerprint density at radius 1 is 1.14 bits per heavy atom. The summed E-state index contributed by atoms with van der Waals surface area (Å²) in [4.78, 5) is 30.3. The molecule has 1 aliphatic heterocycles. The highest BCUT2D eigenvalue weighted by Gasteiger charge is 2.37. The maximum Gasteiger partial charge on any atom is 0.258 e. The summed E-state index contributed by atoms with van der Waals surface area (Å²) < 4.78 is 11.5. The van der Waals surface area contributed by atoms with Crippen LogP contribution in [0.15, 0.2) is 53.3 Å². The molecule has 6 nitrogen and oxygen atoms in total. The summed E-state index contributed by atoms with van der Waals surface area (Å²) in [5.74, 6) is 0.559. The van der Waals surface area contributed by atoms with Gasteiger partial charge < -0.3 is 19.4 Å². The van der Waals surface area contributed by atoms with Crippen LogP contribution in [0.4, 0.5) is 5.69 Å². The molecule has 1 aliphatic rings. The molecule has 4 rings (SSSR count). The molecule has 1 fully saturated rings. The van der Waals surface area contributed by atoms with Gasteiger partial charge in [0, 0.05) is 34.8 Å². The second kappa shape index (κ2) is 7.37. The summed E-state index contributed by atoms with van der Waals surface area (Å²) in [5, 5.41) is 0.671. The van der Waals surface area contributed by atoms with Crippen molar-refractivity contribution in [1.29, 1.82) is 0 Å². The number of nitrogens with one attached hydrogen (secondary N) is 1. The van der Waals surface area contributed by atoms with Gasteiger partial charge in [-0.2, -0.15) is 0 Å². The van der Waals surface area contributed by atoms with E-state index in [1.165, 1.54) is 0 Å². The molecule has 1 aromatic heterocycles. The van der Waals surface area contributed by atoms with Crippen molar-refractivity contribution in [3.8, 4) is 5.75 Å². The number of nitrogens with zero attached hydrogens (tertiary/aromatic N) is 1. The van der Waals surface area contributed by atoms with E-state index in [0.29, 0.717) is 29.9 Å². The Balaban J connectivity index is 1.57. The van der Waals surface area contributed by atoms with Crippen LogP contribution in [-0.2, 0) is 16.1 Å². The number of anilines is 1. The largest absolute Gasteiger partial charge is 0.487 e. The number of H-pyrrole nitrogens is 1. The van der Waals surface area contributed by atoms with E-state index in [4.69, 9.17) is 9.47 Å². The zero-order valence-corrected chi connectivity index (χ0v) is 16.8. The molecule has 1 amide bonds. The van der Waals surface area contributed by atoms with E-state index in [1.54, 1.807) is 25.7 Å². The van der Waals surface area contributed by atoms with Crippen LogP contribution in [0.3, 0.4) is 0 Å². The standard InChI is InChI=1S/C23H24N2O4/c1-15-20(24-19-10-5-4-9-18(19)21(15)26)14-28-17-8-6-7-16(13-17)25-11-12-29-23(2,3)22(25)27/h4-10,13H,11-12,14H2,1-3H3,(H,24,26). The van der Waals surface area contributed by atoms with Gasteiger partial charge in [0.2, 0.25) is 0 Å². The van der Waals surface area contributed by atoms with Gasteiger partial charge in [-0.25, -0.2) is 0 Å². The number of pyridine rings is 1. The lowest BCUT2D eigenvalue weighted by molar-refractivity contribution is -0.144. The van der Waals surface area contributed by atoms with E-state index >= 15 is 0 Å². The van der Waals surface area contributed by atoms with Gasteiger partial charge in [0.15, 0.2) is 5.43 Å². The number of para-hydroxylation sites is 1. The molecule has 0 radical (unpaired) electrons. The second-order valence-corrected chi connectivity index (χ2v) is 7.70. The van der Waals surface area contributed by atoms with Gasteiger partial charge in [0.1, 0.15) is 18.0 Å². The van der Waals surface area contributed by atoms with Crippen LogP contribution in [0.2, 0.25) is 0 Å². The van der Waals surface area contributed by atoms with Gasteiger partial charge in [-0.05, 0) is 45.0 Å². The first-order chi connectivity index (χ1) is 13.9. The first kappa shape index (κ1) is 19.2. The smallest absolute Gasteiger partial charge is 0.258 e. The Labute approximate surface area is 169 Å². The first-order valence-electron chi connectivity index (χ1n) is 9.66. The van der Waals surface area contributed by atoms with Gasteiger partial charge in [0.05, 0.1) is 12.3 Å². The van der Waals surface area contributed by atoms with Crippen LogP contribution in [0.1, 0.15) is 25.1 Å². The third-order valence-corrected chi connectivity index (χ3v) is 5.30. The number of aromatic amines is 1. The highest BCUT2D eigenvalue weighted by Crippen LogP contribution is 2.27. The third kappa shape index (κ3) is 3.63. The lowest BCUT2D eigenvalue weighted by Crippen LogP contribution is -2.53. The fourth-order valence-electron chi connectivity index (χ4n) is 3.55. The number of ether oxygens (including phenoxy) is 2. The average molecular weight is 392 g/mol. The van der Waals surface area contributed by atoms with Crippen molar-refractivity contribution in [2.45, 2.75) is 33.0 Å². The van der Waals surface area contributed by atoms with Crippen molar-refractivity contribution in [1.82, 2.24) is 4.98 Å². The topological polar surface area (TPSA) is 71.6 Å². The second-order valence-electron chi connectivity index (χ2n) is 7.70. The molecule has 3 aromatic rings. The fraction of sp³-hybridized carbons (Fsp3) is 0.304. The van der Waals surface area contributed by atoms with Crippen molar-refractivity contribution in [3.05, 3.63) is 70.0 Å². The lowest BCUT2D eigenvalue weighted by Gasteiger charge is -2.37. The van der Waals surface area contributed by atoms with Gasteiger partial charge >= 0.3 is 0 Å². The van der Waals surface area contributed by atoms with Crippen LogP contribution < -0.4 is 15.1 Å². The quantitative estimate of drug-likeness (QED) is 0.737. The Kier molecular flexibility index (Phi) is 4.88. The summed E-state index contributed by atoms with van der Waals surface area (Å²) in [6.07, 6.45) is 0. The Morgan fingerprint density at radius 2 is 1.93 bits per heavy atom. The van der Waals surface area contributed by atoms with E-state index < -0.39 is 5.60 Å². The number of carbonyl (C=O) groups is 1. The molecular formula is C23H24N2O4. The minimum atomic E-state index is -0.837. The van der Waals surface area contributed by atoms with Crippen molar-refractivity contribution in [3.63, 3.8) is 0 Å². The molecule has 0 aliphatic carbocycles. The number of amides is 1. The molecule has 0 bridgehead atoms. The summed E-state index contributed by atoms with van der Waals surface area (Å²) >= 11 is 0. The minimum absolute atomic E-state index is 0.00726. The number of aromatic nitrogens is 1. The first-order valence-corrected chi connectivity index (χ1v) is 9.66. The van der Waals surface area contributed by atoms with E-state index in [1.807, 2.05) is 48.5 Å². The van der Waals surface area contributed by atoms with Crippen molar-refractivity contribution in [2.75, 3.05) is 18.1 Å². The molecule has 29 heavy (non-hydrogen) atoms. The van der Waals surface area contributed by atoms with Crippen molar-refractivity contribution in [2.24, 2.45) is 0 Å². The highest BCUT2D eigenvalue weighted by atomic mass is 16.5. The number of benzene rings is 2. The molecule has 0 unspecified atom stereocenters. The molecule has 1 N–H and O–H groups in total. The van der Waals surface area contributed by atoms with Crippen molar-refractivity contribution >= 4 is 22.5 Å². The molecule has 0 spiro atoms. The SMILES string of the molecule is Cc1c(COc2cccc(N3CCOC(C)(C)C3=O)c2)[nH]c2ccccc2c1=O. The molecular weight excluding hydrogens is 368 g/mol. The van der Waals surface area contributed by atoms with Crippen LogP contribution in [0.5, 0.6) is 5.75 Å². The summed E-state index contributed by atoms with van der Waals surface area (Å²) in [6, 6.07) is 14.9. The van der Waals surface area contributed by atoms with Crippen LogP contribution in [-0.4, -0.2) is 29.6 Å². The maximum absolute atomic E-state index is 12.7. The summed E-state index contributed by atoms with van der Waals surface area (Å²) in [6.45, 7) is 6.58.